The monoisotopic (exact) mass is 319 g/mol. The van der Waals surface area contributed by atoms with Crippen molar-refractivity contribution < 1.29 is 27.4 Å². The normalized spacial score (nSPS) is 18.9. The Morgan fingerprint density at radius 1 is 1.55 bits per heavy atom. The van der Waals surface area contributed by atoms with E-state index in [1.807, 2.05) is 6.92 Å². The molecule has 1 fully saturated rings. The average Bonchev–Trinajstić information content (AvgIpc) is 2.46. The van der Waals surface area contributed by atoms with Crippen LogP contribution in [0.3, 0.4) is 0 Å². The van der Waals surface area contributed by atoms with Crippen LogP contribution in [0.15, 0.2) is 18.3 Å². The third-order valence-corrected chi connectivity index (χ3v) is 2.90. The molecule has 1 aliphatic heterocycles. The molecule has 1 aromatic heterocycles. The van der Waals surface area contributed by atoms with Crippen molar-refractivity contribution in [3.63, 3.8) is 0 Å². The molecule has 9 heteroatoms. The lowest BCUT2D eigenvalue weighted by Crippen LogP contribution is -2.46. The van der Waals surface area contributed by atoms with Crippen LogP contribution in [0.2, 0.25) is 0 Å². The summed E-state index contributed by atoms with van der Waals surface area (Å²) in [4.78, 5) is 17.3. The molecule has 2 rings (SSSR count). The van der Waals surface area contributed by atoms with Crippen LogP contribution in [-0.4, -0.2) is 54.5 Å². The van der Waals surface area contributed by atoms with Crippen LogP contribution in [0.5, 0.6) is 5.88 Å². The number of halogens is 3. The number of amides is 2. The van der Waals surface area contributed by atoms with Crippen LogP contribution < -0.4 is 10.1 Å². The molecule has 2 amide bonds. The molecule has 0 bridgehead atoms. The molecule has 6 nitrogen and oxygen atoms in total. The lowest BCUT2D eigenvalue weighted by molar-refractivity contribution is -0.154. The van der Waals surface area contributed by atoms with Gasteiger partial charge in [-0.2, -0.15) is 13.2 Å². The fraction of sp³-hybridized carbons (Fsp3) is 0.538. The number of pyridine rings is 1. The van der Waals surface area contributed by atoms with Crippen LogP contribution in [0.1, 0.15) is 6.92 Å². The van der Waals surface area contributed by atoms with E-state index in [9.17, 15) is 18.0 Å². The maximum absolute atomic E-state index is 12.0. The van der Waals surface area contributed by atoms with E-state index in [0.29, 0.717) is 25.4 Å². The second-order valence-corrected chi connectivity index (χ2v) is 4.85. The highest BCUT2D eigenvalue weighted by Gasteiger charge is 2.28. The van der Waals surface area contributed by atoms with E-state index in [2.05, 4.69) is 15.0 Å². The van der Waals surface area contributed by atoms with Crippen molar-refractivity contribution in [3.8, 4) is 5.88 Å². The van der Waals surface area contributed by atoms with E-state index in [4.69, 9.17) is 4.74 Å². The highest BCUT2D eigenvalue weighted by molar-refractivity contribution is 5.89. The summed E-state index contributed by atoms with van der Waals surface area (Å²) in [5.41, 5.74) is 0.378. The topological polar surface area (TPSA) is 63.7 Å². The summed E-state index contributed by atoms with van der Waals surface area (Å²) < 4.78 is 45.8. The summed E-state index contributed by atoms with van der Waals surface area (Å²) in [7, 11) is 0. The van der Waals surface area contributed by atoms with Gasteiger partial charge in [-0.05, 0) is 13.0 Å². The number of carbonyl (C=O) groups excluding carboxylic acids is 1. The average molecular weight is 319 g/mol. The SMILES string of the molecule is CC1CN(C(=O)Nc2ccc(OCC(F)(F)F)nc2)CCO1. The van der Waals surface area contributed by atoms with E-state index in [0.717, 1.165) is 0 Å². The first kappa shape index (κ1) is 16.3. The lowest BCUT2D eigenvalue weighted by Gasteiger charge is -2.31. The zero-order chi connectivity index (χ0) is 16.2. The quantitative estimate of drug-likeness (QED) is 0.928. The molecule has 1 N–H and O–H groups in total. The number of carbonyl (C=O) groups is 1. The number of rotatable bonds is 3. The lowest BCUT2D eigenvalue weighted by atomic mass is 10.3. The zero-order valence-corrected chi connectivity index (χ0v) is 11.9. The predicted octanol–water partition coefficient (Wildman–Crippen LogP) is 2.28. The first-order valence-corrected chi connectivity index (χ1v) is 6.66. The fourth-order valence-electron chi connectivity index (χ4n) is 1.90. The van der Waals surface area contributed by atoms with Crippen molar-refractivity contribution in [2.45, 2.75) is 19.2 Å². The number of anilines is 1. The molecule has 0 aliphatic carbocycles. The molecule has 0 aromatic carbocycles. The predicted molar refractivity (Wildman–Crippen MR) is 71.8 cm³/mol. The molecule has 122 valence electrons. The fourth-order valence-corrected chi connectivity index (χ4v) is 1.90. The Bertz CT molecular complexity index is 507. The van der Waals surface area contributed by atoms with Crippen molar-refractivity contribution in [2.75, 3.05) is 31.6 Å². The number of alkyl halides is 3. The summed E-state index contributed by atoms with van der Waals surface area (Å²) in [5.74, 6) is -0.157. The van der Waals surface area contributed by atoms with Gasteiger partial charge in [-0.15, -0.1) is 0 Å². The number of aromatic nitrogens is 1. The van der Waals surface area contributed by atoms with Gasteiger partial charge >= 0.3 is 12.2 Å². The molecule has 1 atom stereocenters. The number of hydrogen-bond acceptors (Lipinski definition) is 4. The van der Waals surface area contributed by atoms with Gasteiger partial charge in [0.15, 0.2) is 6.61 Å². The van der Waals surface area contributed by atoms with Gasteiger partial charge in [-0.1, -0.05) is 0 Å². The van der Waals surface area contributed by atoms with Gasteiger partial charge in [-0.3, -0.25) is 0 Å². The Balaban J connectivity index is 1.86. The second-order valence-electron chi connectivity index (χ2n) is 4.85. The van der Waals surface area contributed by atoms with Crippen molar-refractivity contribution in [2.24, 2.45) is 0 Å². The van der Waals surface area contributed by atoms with Gasteiger partial charge in [0.25, 0.3) is 0 Å². The van der Waals surface area contributed by atoms with Crippen LogP contribution in [-0.2, 0) is 4.74 Å². The van der Waals surface area contributed by atoms with Gasteiger partial charge < -0.3 is 19.7 Å². The summed E-state index contributed by atoms with van der Waals surface area (Å²) in [6.45, 7) is 1.89. The first-order valence-electron chi connectivity index (χ1n) is 6.66. The summed E-state index contributed by atoms with van der Waals surface area (Å²) >= 11 is 0. The minimum Gasteiger partial charge on any atom is -0.468 e. The molecule has 1 aromatic rings. The molecule has 0 spiro atoms. The van der Waals surface area contributed by atoms with Gasteiger partial charge in [0.1, 0.15) is 0 Å². The van der Waals surface area contributed by atoms with Gasteiger partial charge in [0.2, 0.25) is 5.88 Å². The molecule has 0 radical (unpaired) electrons. The Morgan fingerprint density at radius 3 is 2.91 bits per heavy atom. The molecule has 1 unspecified atom stereocenters. The van der Waals surface area contributed by atoms with E-state index in [-0.39, 0.29) is 18.0 Å². The summed E-state index contributed by atoms with van der Waals surface area (Å²) in [6, 6.07) is 2.39. The number of ether oxygens (including phenoxy) is 2. The molecule has 2 heterocycles. The summed E-state index contributed by atoms with van der Waals surface area (Å²) in [6.07, 6.45) is -3.20. The highest BCUT2D eigenvalue weighted by Crippen LogP contribution is 2.18. The first-order chi connectivity index (χ1) is 10.3. The van der Waals surface area contributed by atoms with E-state index in [1.54, 1.807) is 4.90 Å². The number of urea groups is 1. The van der Waals surface area contributed by atoms with Crippen molar-refractivity contribution in [3.05, 3.63) is 18.3 Å². The largest absolute Gasteiger partial charge is 0.468 e. The highest BCUT2D eigenvalue weighted by atomic mass is 19.4. The molecular formula is C13H16F3N3O3. The van der Waals surface area contributed by atoms with Crippen LogP contribution in [0.4, 0.5) is 23.7 Å². The number of hydrogen-bond donors (Lipinski definition) is 1. The Labute approximate surface area is 125 Å². The van der Waals surface area contributed by atoms with Gasteiger partial charge in [0, 0.05) is 19.2 Å². The minimum absolute atomic E-state index is 0.0317. The minimum atomic E-state index is -4.42. The number of nitrogens with zero attached hydrogens (tertiary/aromatic N) is 2. The molecule has 1 aliphatic rings. The third kappa shape index (κ3) is 5.06. The Kier molecular flexibility index (Phi) is 5.07. The van der Waals surface area contributed by atoms with E-state index >= 15 is 0 Å². The summed E-state index contributed by atoms with van der Waals surface area (Å²) in [5, 5.41) is 2.62. The maximum Gasteiger partial charge on any atom is 0.422 e. The van der Waals surface area contributed by atoms with E-state index in [1.165, 1.54) is 18.3 Å². The van der Waals surface area contributed by atoms with Crippen molar-refractivity contribution in [1.82, 2.24) is 9.88 Å². The smallest absolute Gasteiger partial charge is 0.422 e. The van der Waals surface area contributed by atoms with E-state index < -0.39 is 12.8 Å². The van der Waals surface area contributed by atoms with Gasteiger partial charge in [-0.25, -0.2) is 9.78 Å². The number of nitrogens with one attached hydrogen (secondary N) is 1. The third-order valence-electron chi connectivity index (χ3n) is 2.90. The maximum atomic E-state index is 12.0. The second kappa shape index (κ2) is 6.82. The number of morpholine rings is 1. The molecule has 1 saturated heterocycles. The molecular weight excluding hydrogens is 303 g/mol. The van der Waals surface area contributed by atoms with Crippen molar-refractivity contribution >= 4 is 11.7 Å². The van der Waals surface area contributed by atoms with Gasteiger partial charge in [0.05, 0.1) is 24.6 Å². The Morgan fingerprint density at radius 2 is 2.32 bits per heavy atom. The van der Waals surface area contributed by atoms with Crippen LogP contribution in [0, 0.1) is 0 Å². The zero-order valence-electron chi connectivity index (χ0n) is 11.9. The van der Waals surface area contributed by atoms with Crippen LogP contribution >= 0.6 is 0 Å². The van der Waals surface area contributed by atoms with Crippen molar-refractivity contribution in [1.29, 1.82) is 0 Å². The standard InChI is InChI=1S/C13H16F3N3O3/c1-9-7-19(4-5-21-9)12(20)18-10-2-3-11(17-6-10)22-8-13(14,15)16/h2-3,6,9H,4-5,7-8H2,1H3,(H,18,20). The Hall–Kier alpha value is -2.03. The molecule has 22 heavy (non-hydrogen) atoms. The van der Waals surface area contributed by atoms with Crippen LogP contribution in [0.25, 0.3) is 0 Å². The molecule has 0 saturated carbocycles.